The molecule has 3 aromatic rings. The van der Waals surface area contributed by atoms with E-state index in [1.165, 1.54) is 6.08 Å². The molecule has 1 aliphatic rings. The molecule has 1 N–H and O–H groups in total. The summed E-state index contributed by atoms with van der Waals surface area (Å²) in [5.74, 6) is 0.220. The summed E-state index contributed by atoms with van der Waals surface area (Å²) in [5, 5.41) is 11.4. The molecule has 0 saturated heterocycles. The number of carbonyl (C=O) groups is 1. The lowest BCUT2D eigenvalue weighted by molar-refractivity contribution is -0.114. The van der Waals surface area contributed by atoms with E-state index < -0.39 is 5.91 Å². The molecule has 2 heterocycles. The Morgan fingerprint density at radius 1 is 1.19 bits per heavy atom. The van der Waals surface area contributed by atoms with E-state index in [2.05, 4.69) is 9.98 Å². The summed E-state index contributed by atoms with van der Waals surface area (Å²) in [6.07, 6.45) is 3.16. The van der Waals surface area contributed by atoms with Crippen LogP contribution in [0.5, 0.6) is 11.7 Å². The number of hydrogen-bond donors (Lipinski definition) is 1. The molecule has 2 aromatic carbocycles. The van der Waals surface area contributed by atoms with E-state index in [4.69, 9.17) is 9.15 Å². The quantitative estimate of drug-likeness (QED) is 0.723. The van der Waals surface area contributed by atoms with E-state index in [1.54, 1.807) is 18.2 Å². The number of ether oxygens (including phenoxy) is 1. The second-order valence-electron chi connectivity index (χ2n) is 5.89. The first-order chi connectivity index (χ1) is 13.1. The number of benzene rings is 2. The first kappa shape index (κ1) is 16.8. The maximum atomic E-state index is 12.3. The molecular formula is C21H16N2O4. The fourth-order valence-electron chi connectivity index (χ4n) is 2.78. The smallest absolute Gasteiger partial charge is 0.310 e. The van der Waals surface area contributed by atoms with Gasteiger partial charge in [0.15, 0.2) is 0 Å². The number of fused-ring (bicyclic) bond motifs is 1. The average Bonchev–Trinajstić information content (AvgIpc) is 3.04. The Morgan fingerprint density at radius 2 is 2.00 bits per heavy atom. The van der Waals surface area contributed by atoms with Crippen LogP contribution in [0.2, 0.25) is 0 Å². The second kappa shape index (κ2) is 6.92. The number of hydrogen-bond acceptors (Lipinski definition) is 5. The van der Waals surface area contributed by atoms with E-state index in [9.17, 15) is 9.90 Å². The van der Waals surface area contributed by atoms with Crippen LogP contribution in [0.4, 0.5) is 0 Å². The Labute approximate surface area is 154 Å². The first-order valence-electron chi connectivity index (χ1n) is 8.48. The van der Waals surface area contributed by atoms with Crippen molar-refractivity contribution in [3.8, 4) is 23.1 Å². The van der Waals surface area contributed by atoms with Crippen LogP contribution in [-0.2, 0) is 4.79 Å². The van der Waals surface area contributed by atoms with Crippen molar-refractivity contribution in [2.75, 3.05) is 6.61 Å². The highest BCUT2D eigenvalue weighted by molar-refractivity contribution is 6.07. The molecule has 1 aromatic heterocycles. The molecule has 0 unspecified atom stereocenters. The molecule has 6 heteroatoms. The van der Waals surface area contributed by atoms with Gasteiger partial charge >= 0.3 is 5.95 Å². The van der Waals surface area contributed by atoms with E-state index in [-0.39, 0.29) is 17.5 Å². The fourth-order valence-corrected chi connectivity index (χ4v) is 2.78. The number of oxazole rings is 1. The molecular weight excluding hydrogens is 344 g/mol. The van der Waals surface area contributed by atoms with E-state index in [0.717, 1.165) is 10.8 Å². The van der Waals surface area contributed by atoms with Crippen molar-refractivity contribution < 1.29 is 19.1 Å². The van der Waals surface area contributed by atoms with Gasteiger partial charge in [-0.1, -0.05) is 18.2 Å². The van der Waals surface area contributed by atoms with Crippen molar-refractivity contribution in [1.29, 1.82) is 0 Å². The zero-order chi connectivity index (χ0) is 18.8. The number of amides is 1. The van der Waals surface area contributed by atoms with E-state index in [1.807, 2.05) is 43.3 Å². The summed E-state index contributed by atoms with van der Waals surface area (Å²) in [7, 11) is 0. The molecule has 0 saturated carbocycles. The van der Waals surface area contributed by atoms with Crippen LogP contribution < -0.4 is 15.3 Å². The summed E-state index contributed by atoms with van der Waals surface area (Å²) in [6.45, 7) is 2.45. The third kappa shape index (κ3) is 3.37. The summed E-state index contributed by atoms with van der Waals surface area (Å²) in [5.41, 5.74) is 1.21. The van der Waals surface area contributed by atoms with Crippen LogP contribution in [-0.4, -0.2) is 22.6 Å². The molecule has 0 atom stereocenters. The van der Waals surface area contributed by atoms with Crippen LogP contribution in [0, 0.1) is 0 Å². The molecule has 134 valence electrons. The molecule has 6 nitrogen and oxygen atoms in total. The summed E-state index contributed by atoms with van der Waals surface area (Å²) < 4.78 is 10.8. The van der Waals surface area contributed by atoms with Gasteiger partial charge in [-0.2, -0.15) is 0 Å². The molecule has 0 aliphatic carbocycles. The minimum absolute atomic E-state index is 0.174. The fraction of sp³-hybridized carbons (Fsp3) is 0.0952. The SMILES string of the molecule is CCOc1ccc2c(c1)=C/C(=C/c1nc(-c3ccccc3)oc1O)C(=O)N=2. The number of aromatic nitrogens is 1. The van der Waals surface area contributed by atoms with Crippen molar-refractivity contribution in [2.24, 2.45) is 4.99 Å². The minimum Gasteiger partial charge on any atom is -0.494 e. The second-order valence-corrected chi connectivity index (χ2v) is 5.89. The molecule has 4 rings (SSSR count). The Morgan fingerprint density at radius 3 is 2.78 bits per heavy atom. The predicted octanol–water partition coefficient (Wildman–Crippen LogP) is 2.47. The zero-order valence-electron chi connectivity index (χ0n) is 14.5. The van der Waals surface area contributed by atoms with Crippen LogP contribution >= 0.6 is 0 Å². The summed E-state index contributed by atoms with van der Waals surface area (Å²) in [6, 6.07) is 14.5. The Kier molecular flexibility index (Phi) is 4.30. The van der Waals surface area contributed by atoms with Gasteiger partial charge in [-0.05, 0) is 49.4 Å². The normalized spacial score (nSPS) is 14.4. The highest BCUT2D eigenvalue weighted by Crippen LogP contribution is 2.28. The largest absolute Gasteiger partial charge is 0.494 e. The van der Waals surface area contributed by atoms with Crippen molar-refractivity contribution in [3.05, 3.63) is 70.4 Å². The van der Waals surface area contributed by atoms with E-state index in [0.29, 0.717) is 23.3 Å². The zero-order valence-corrected chi connectivity index (χ0v) is 14.5. The van der Waals surface area contributed by atoms with Crippen LogP contribution in [0.15, 0.2) is 63.5 Å². The third-order valence-electron chi connectivity index (χ3n) is 4.04. The van der Waals surface area contributed by atoms with Crippen molar-refractivity contribution in [2.45, 2.75) is 6.92 Å². The van der Waals surface area contributed by atoms with Gasteiger partial charge in [0.2, 0.25) is 5.89 Å². The number of rotatable bonds is 4. The predicted molar refractivity (Wildman–Crippen MR) is 99.4 cm³/mol. The van der Waals surface area contributed by atoms with Gasteiger partial charge in [-0.25, -0.2) is 9.98 Å². The molecule has 1 aliphatic heterocycles. The molecule has 27 heavy (non-hydrogen) atoms. The lowest BCUT2D eigenvalue weighted by Crippen LogP contribution is -2.30. The lowest BCUT2D eigenvalue weighted by Gasteiger charge is -2.06. The van der Waals surface area contributed by atoms with Gasteiger partial charge in [0.1, 0.15) is 11.4 Å². The summed E-state index contributed by atoms with van der Waals surface area (Å²) >= 11 is 0. The highest BCUT2D eigenvalue weighted by atomic mass is 16.5. The minimum atomic E-state index is -0.407. The van der Waals surface area contributed by atoms with Gasteiger partial charge in [0.05, 0.1) is 12.0 Å². The third-order valence-corrected chi connectivity index (χ3v) is 4.04. The monoisotopic (exact) mass is 360 g/mol. The van der Waals surface area contributed by atoms with Crippen molar-refractivity contribution in [1.82, 2.24) is 4.98 Å². The van der Waals surface area contributed by atoms with Crippen LogP contribution in [0.1, 0.15) is 12.6 Å². The molecule has 1 amide bonds. The Balaban J connectivity index is 1.75. The highest BCUT2D eigenvalue weighted by Gasteiger charge is 2.16. The van der Waals surface area contributed by atoms with Gasteiger partial charge < -0.3 is 14.3 Å². The number of nitrogens with zero attached hydrogens (tertiary/aromatic N) is 2. The number of carbonyl (C=O) groups excluding carboxylic acids is 1. The topological polar surface area (TPSA) is 84.9 Å². The Bertz CT molecular complexity index is 1160. The van der Waals surface area contributed by atoms with Crippen molar-refractivity contribution >= 4 is 18.1 Å². The van der Waals surface area contributed by atoms with Crippen molar-refractivity contribution in [3.63, 3.8) is 0 Å². The summed E-state index contributed by atoms with van der Waals surface area (Å²) in [4.78, 5) is 20.7. The van der Waals surface area contributed by atoms with Gasteiger partial charge in [0.25, 0.3) is 5.91 Å². The Hall–Kier alpha value is -3.67. The lowest BCUT2D eigenvalue weighted by atomic mass is 10.1. The first-order valence-corrected chi connectivity index (χ1v) is 8.48. The standard InChI is InChI=1S/C21H16N2O4/c1-2-26-16-8-9-17-14(11-16)10-15(19(24)22-17)12-18-21(25)27-20(23-18)13-6-4-3-5-7-13/h3-12,25H,2H2,1H3/b15-12-. The molecule has 0 spiro atoms. The van der Waals surface area contributed by atoms with E-state index >= 15 is 0 Å². The molecule has 0 fully saturated rings. The average molecular weight is 360 g/mol. The van der Waals surface area contributed by atoms with Gasteiger partial charge in [-0.15, -0.1) is 0 Å². The van der Waals surface area contributed by atoms with Gasteiger partial charge in [0, 0.05) is 16.4 Å². The van der Waals surface area contributed by atoms with Gasteiger partial charge in [-0.3, -0.25) is 4.79 Å². The number of aromatic hydroxyl groups is 1. The molecule has 0 radical (unpaired) electrons. The maximum Gasteiger partial charge on any atom is 0.310 e. The molecule has 0 bridgehead atoms. The van der Waals surface area contributed by atoms with Crippen LogP contribution in [0.3, 0.4) is 0 Å². The maximum absolute atomic E-state index is 12.3. The van der Waals surface area contributed by atoms with Crippen LogP contribution in [0.25, 0.3) is 23.6 Å².